The van der Waals surface area contributed by atoms with Crippen LogP contribution in [-0.4, -0.2) is 22.0 Å². The van der Waals surface area contributed by atoms with Crippen LogP contribution in [0.1, 0.15) is 25.8 Å². The lowest BCUT2D eigenvalue weighted by Crippen LogP contribution is -2.42. The molecule has 1 aliphatic carbocycles. The lowest BCUT2D eigenvalue weighted by Gasteiger charge is -2.31. The normalized spacial score (nSPS) is 25.0. The smallest absolute Gasteiger partial charge is 0.307 e. The fraction of sp³-hybridized carbons (Fsp3) is 0.438. The van der Waals surface area contributed by atoms with Gasteiger partial charge in [0.25, 0.3) is 0 Å². The van der Waals surface area contributed by atoms with E-state index in [1.165, 1.54) is 0 Å². The maximum Gasteiger partial charge on any atom is 0.307 e. The molecular formula is C16H20N2O3. The molecule has 1 aromatic rings. The Kier molecular flexibility index (Phi) is 4.73. The lowest BCUT2D eigenvalue weighted by molar-refractivity contribution is -0.149. The van der Waals surface area contributed by atoms with Crippen molar-refractivity contribution in [2.45, 2.75) is 26.8 Å². The van der Waals surface area contributed by atoms with Gasteiger partial charge in [0, 0.05) is 18.9 Å². The molecule has 1 aromatic heterocycles. The Morgan fingerprint density at radius 3 is 2.86 bits per heavy atom. The number of aromatic nitrogens is 1. The molecular weight excluding hydrogens is 268 g/mol. The van der Waals surface area contributed by atoms with Gasteiger partial charge >= 0.3 is 5.97 Å². The summed E-state index contributed by atoms with van der Waals surface area (Å²) in [4.78, 5) is 27.8. The van der Waals surface area contributed by atoms with Crippen molar-refractivity contribution < 1.29 is 14.7 Å². The molecule has 0 spiro atoms. The summed E-state index contributed by atoms with van der Waals surface area (Å²) >= 11 is 0. The maximum absolute atomic E-state index is 12.4. The van der Waals surface area contributed by atoms with Gasteiger partial charge in [-0.05, 0) is 30.9 Å². The van der Waals surface area contributed by atoms with Crippen LogP contribution >= 0.6 is 0 Å². The number of carbonyl (C=O) groups excluding carboxylic acids is 1. The molecule has 0 bridgehead atoms. The molecule has 5 nitrogen and oxygen atoms in total. The van der Waals surface area contributed by atoms with E-state index in [2.05, 4.69) is 10.3 Å². The first-order chi connectivity index (χ1) is 9.99. The van der Waals surface area contributed by atoms with Crippen molar-refractivity contribution >= 4 is 11.9 Å². The van der Waals surface area contributed by atoms with E-state index in [0.717, 1.165) is 11.1 Å². The van der Waals surface area contributed by atoms with Crippen molar-refractivity contribution in [3.05, 3.63) is 41.7 Å². The minimum atomic E-state index is -0.909. The predicted octanol–water partition coefficient (Wildman–Crippen LogP) is 2.00. The van der Waals surface area contributed by atoms with Crippen LogP contribution in [0.5, 0.6) is 0 Å². The van der Waals surface area contributed by atoms with Gasteiger partial charge in [-0.25, -0.2) is 0 Å². The summed E-state index contributed by atoms with van der Waals surface area (Å²) in [6.07, 6.45) is 5.80. The van der Waals surface area contributed by atoms with E-state index >= 15 is 0 Å². The van der Waals surface area contributed by atoms with Gasteiger partial charge in [-0.15, -0.1) is 0 Å². The number of nitrogens with one attached hydrogen (secondary N) is 1. The van der Waals surface area contributed by atoms with Gasteiger partial charge in [-0.1, -0.05) is 24.6 Å². The molecule has 1 aliphatic rings. The van der Waals surface area contributed by atoms with E-state index < -0.39 is 17.8 Å². The number of pyridine rings is 1. The molecule has 1 amide bonds. The number of amides is 1. The summed E-state index contributed by atoms with van der Waals surface area (Å²) in [6, 6.07) is 3.67. The molecule has 0 radical (unpaired) electrons. The van der Waals surface area contributed by atoms with Gasteiger partial charge in [0.2, 0.25) is 5.91 Å². The minimum absolute atomic E-state index is 0.134. The number of carbonyl (C=O) groups is 2. The number of allylic oxidation sites excluding steroid dienone is 2. The monoisotopic (exact) mass is 288 g/mol. The minimum Gasteiger partial charge on any atom is -0.481 e. The van der Waals surface area contributed by atoms with Crippen LogP contribution in [0, 0.1) is 17.8 Å². The zero-order valence-corrected chi connectivity index (χ0v) is 12.2. The van der Waals surface area contributed by atoms with Crippen molar-refractivity contribution in [1.82, 2.24) is 10.3 Å². The number of carboxylic acids is 1. The van der Waals surface area contributed by atoms with E-state index in [4.69, 9.17) is 0 Å². The Bertz CT molecular complexity index is 554. The number of hydrogen-bond acceptors (Lipinski definition) is 3. The number of rotatable bonds is 4. The molecule has 21 heavy (non-hydrogen) atoms. The second-order valence-electron chi connectivity index (χ2n) is 5.63. The molecule has 0 aliphatic heterocycles. The van der Waals surface area contributed by atoms with Crippen LogP contribution in [0.3, 0.4) is 0 Å². The average Bonchev–Trinajstić information content (AvgIpc) is 2.44. The van der Waals surface area contributed by atoms with Crippen molar-refractivity contribution in [2.75, 3.05) is 0 Å². The Morgan fingerprint density at radius 2 is 2.24 bits per heavy atom. The standard InChI is InChI=1S/C16H20N2O3/c1-10-6-11(2)14(16(20)21)13(7-10)15(19)18-9-12-4-3-5-17-8-12/h3-6,8,11,13-14H,7,9H2,1-2H3,(H,18,19)(H,20,21). The van der Waals surface area contributed by atoms with E-state index in [9.17, 15) is 14.7 Å². The van der Waals surface area contributed by atoms with Gasteiger partial charge in [-0.3, -0.25) is 14.6 Å². The van der Waals surface area contributed by atoms with Crippen LogP contribution in [0.15, 0.2) is 36.2 Å². The molecule has 0 saturated carbocycles. The zero-order valence-electron chi connectivity index (χ0n) is 12.2. The fourth-order valence-electron chi connectivity index (χ4n) is 2.94. The molecule has 1 heterocycles. The Hall–Kier alpha value is -2.17. The highest BCUT2D eigenvalue weighted by molar-refractivity contribution is 5.85. The second kappa shape index (κ2) is 6.52. The van der Waals surface area contributed by atoms with Crippen LogP contribution in [0.4, 0.5) is 0 Å². The quantitative estimate of drug-likeness (QED) is 0.831. The van der Waals surface area contributed by atoms with E-state index in [1.807, 2.05) is 26.0 Å². The summed E-state index contributed by atoms with van der Waals surface area (Å²) < 4.78 is 0. The molecule has 0 aromatic carbocycles. The third-order valence-electron chi connectivity index (χ3n) is 3.90. The Morgan fingerprint density at radius 1 is 1.48 bits per heavy atom. The maximum atomic E-state index is 12.4. The number of aliphatic carboxylic acids is 1. The molecule has 0 saturated heterocycles. The van der Waals surface area contributed by atoms with Crippen LogP contribution < -0.4 is 5.32 Å². The SMILES string of the molecule is CC1=CC(C)C(C(=O)O)C(C(=O)NCc2cccnc2)C1. The topological polar surface area (TPSA) is 79.3 Å². The zero-order chi connectivity index (χ0) is 15.4. The van der Waals surface area contributed by atoms with Crippen LogP contribution in [-0.2, 0) is 16.1 Å². The highest BCUT2D eigenvalue weighted by Crippen LogP contribution is 2.34. The van der Waals surface area contributed by atoms with Crippen molar-refractivity contribution in [3.8, 4) is 0 Å². The predicted molar refractivity (Wildman–Crippen MR) is 78.2 cm³/mol. The molecule has 3 atom stereocenters. The van der Waals surface area contributed by atoms with Gasteiger partial charge in [-0.2, -0.15) is 0 Å². The average molecular weight is 288 g/mol. The highest BCUT2D eigenvalue weighted by atomic mass is 16.4. The summed E-state index contributed by atoms with van der Waals surface area (Å²) in [7, 11) is 0. The van der Waals surface area contributed by atoms with Gasteiger partial charge in [0.05, 0.1) is 11.8 Å². The summed E-state index contributed by atoms with van der Waals surface area (Å²) in [6.45, 7) is 4.16. The first-order valence-corrected chi connectivity index (χ1v) is 7.05. The summed E-state index contributed by atoms with van der Waals surface area (Å²) in [5, 5.41) is 12.2. The Labute approximate surface area is 124 Å². The summed E-state index contributed by atoms with van der Waals surface area (Å²) in [5.41, 5.74) is 1.97. The first-order valence-electron chi connectivity index (χ1n) is 7.05. The number of hydrogen-bond donors (Lipinski definition) is 2. The molecule has 2 N–H and O–H groups in total. The van der Waals surface area contributed by atoms with Gasteiger partial charge in [0.15, 0.2) is 0 Å². The molecule has 0 fully saturated rings. The van der Waals surface area contributed by atoms with E-state index in [-0.39, 0.29) is 11.8 Å². The highest BCUT2D eigenvalue weighted by Gasteiger charge is 2.39. The first kappa shape index (κ1) is 15.2. The Balaban J connectivity index is 2.06. The third-order valence-corrected chi connectivity index (χ3v) is 3.90. The largest absolute Gasteiger partial charge is 0.481 e. The van der Waals surface area contributed by atoms with Crippen molar-refractivity contribution in [3.63, 3.8) is 0 Å². The summed E-state index contributed by atoms with van der Waals surface area (Å²) in [5.74, 6) is -2.43. The van der Waals surface area contributed by atoms with E-state index in [0.29, 0.717) is 13.0 Å². The molecule has 2 rings (SSSR count). The molecule has 112 valence electrons. The molecule has 3 unspecified atom stereocenters. The number of nitrogens with zero attached hydrogens (tertiary/aromatic N) is 1. The lowest BCUT2D eigenvalue weighted by atomic mass is 9.73. The molecule has 5 heteroatoms. The third kappa shape index (κ3) is 3.68. The van der Waals surface area contributed by atoms with Gasteiger partial charge in [0.1, 0.15) is 0 Å². The second-order valence-corrected chi connectivity index (χ2v) is 5.63. The van der Waals surface area contributed by atoms with Crippen molar-refractivity contribution in [1.29, 1.82) is 0 Å². The van der Waals surface area contributed by atoms with Crippen LogP contribution in [0.2, 0.25) is 0 Å². The van der Waals surface area contributed by atoms with Crippen LogP contribution in [0.25, 0.3) is 0 Å². The van der Waals surface area contributed by atoms with E-state index in [1.54, 1.807) is 18.5 Å². The van der Waals surface area contributed by atoms with Gasteiger partial charge < -0.3 is 10.4 Å². The number of carboxylic acid groups (broad SMARTS) is 1. The van der Waals surface area contributed by atoms with Crippen molar-refractivity contribution in [2.24, 2.45) is 17.8 Å². The fourth-order valence-corrected chi connectivity index (χ4v) is 2.94.